The Hall–Kier alpha value is -1.23. The van der Waals surface area contributed by atoms with Crippen molar-refractivity contribution >= 4 is 10.0 Å². The molecule has 1 aromatic carbocycles. The topological polar surface area (TPSA) is 67.4 Å². The molecule has 0 amide bonds. The van der Waals surface area contributed by atoms with Crippen molar-refractivity contribution in [3.63, 3.8) is 0 Å². The Morgan fingerprint density at radius 3 is 2.58 bits per heavy atom. The number of ether oxygens (including phenoxy) is 1. The Morgan fingerprint density at radius 1 is 1.38 bits per heavy atom. The van der Waals surface area contributed by atoms with Crippen LogP contribution in [-0.2, 0) is 20.9 Å². The molecule has 24 heavy (non-hydrogen) atoms. The van der Waals surface area contributed by atoms with Crippen LogP contribution in [0.2, 0.25) is 0 Å². The van der Waals surface area contributed by atoms with Crippen LogP contribution in [0, 0.1) is 5.82 Å². The number of benzene rings is 1. The predicted molar refractivity (Wildman–Crippen MR) is 78.4 cm³/mol. The van der Waals surface area contributed by atoms with Crippen LogP contribution < -0.4 is 10.0 Å². The maximum Gasteiger partial charge on any atom is 0.419 e. The summed E-state index contributed by atoms with van der Waals surface area (Å²) in [7, 11) is -2.65. The molecule has 0 saturated carbocycles. The van der Waals surface area contributed by atoms with Gasteiger partial charge in [0.15, 0.2) is 0 Å². The van der Waals surface area contributed by atoms with Crippen molar-refractivity contribution in [3.05, 3.63) is 29.6 Å². The molecule has 1 aliphatic rings. The molecule has 1 aromatic rings. The molecule has 2 N–H and O–H groups in total. The average Bonchev–Trinajstić information content (AvgIpc) is 2.93. The largest absolute Gasteiger partial charge is 0.419 e. The smallest absolute Gasteiger partial charge is 0.383 e. The highest BCUT2D eigenvalue weighted by Gasteiger charge is 2.36. The summed E-state index contributed by atoms with van der Waals surface area (Å²) >= 11 is 0. The lowest BCUT2D eigenvalue weighted by Gasteiger charge is -2.28. The zero-order valence-electron chi connectivity index (χ0n) is 12.9. The Bertz CT molecular complexity index is 686. The first kappa shape index (κ1) is 19.1. The standard InChI is InChI=1S/C14H18F4N2O3S/c1-23-9-13(5-2-6-19-13)8-20-24(21,22)10-3-4-11(12(15)7-10)14(16,17)18/h3-4,7,19-20H,2,5-6,8-9H2,1H3. The molecule has 0 spiro atoms. The van der Waals surface area contributed by atoms with Crippen LogP contribution in [0.3, 0.4) is 0 Å². The van der Waals surface area contributed by atoms with Gasteiger partial charge in [0.1, 0.15) is 5.82 Å². The number of rotatable bonds is 6. The molecule has 1 saturated heterocycles. The number of alkyl halides is 3. The average molecular weight is 370 g/mol. The third-order valence-corrected chi connectivity index (χ3v) is 5.31. The summed E-state index contributed by atoms with van der Waals surface area (Å²) in [5.74, 6) is -1.63. The SMILES string of the molecule is COCC1(CNS(=O)(=O)c2ccc(C(F)(F)F)c(F)c2)CCCN1. The van der Waals surface area contributed by atoms with Crippen molar-refractivity contribution in [2.24, 2.45) is 0 Å². The van der Waals surface area contributed by atoms with Crippen molar-refractivity contribution in [1.29, 1.82) is 0 Å². The van der Waals surface area contributed by atoms with Gasteiger partial charge >= 0.3 is 6.18 Å². The van der Waals surface area contributed by atoms with Gasteiger partial charge in [0, 0.05) is 13.7 Å². The third kappa shape index (κ3) is 4.24. The lowest BCUT2D eigenvalue weighted by atomic mass is 9.99. The minimum atomic E-state index is -4.88. The second-order valence-electron chi connectivity index (χ2n) is 5.71. The summed E-state index contributed by atoms with van der Waals surface area (Å²) in [5, 5.41) is 3.16. The van der Waals surface area contributed by atoms with Crippen LogP contribution in [0.5, 0.6) is 0 Å². The van der Waals surface area contributed by atoms with Gasteiger partial charge in [-0.05, 0) is 37.6 Å². The molecule has 0 aliphatic carbocycles. The van der Waals surface area contributed by atoms with E-state index >= 15 is 0 Å². The second-order valence-corrected chi connectivity index (χ2v) is 7.47. The van der Waals surface area contributed by atoms with Gasteiger partial charge in [0.05, 0.1) is 22.6 Å². The van der Waals surface area contributed by atoms with E-state index in [0.717, 1.165) is 12.5 Å². The molecule has 1 unspecified atom stereocenters. The molecular weight excluding hydrogens is 352 g/mol. The molecule has 2 rings (SSSR count). The number of halogens is 4. The molecule has 0 bridgehead atoms. The van der Waals surface area contributed by atoms with Crippen molar-refractivity contribution < 1.29 is 30.7 Å². The Labute approximate surface area is 137 Å². The molecule has 10 heteroatoms. The fourth-order valence-electron chi connectivity index (χ4n) is 2.68. The van der Waals surface area contributed by atoms with E-state index in [2.05, 4.69) is 10.0 Å². The maximum absolute atomic E-state index is 13.6. The molecule has 1 heterocycles. The lowest BCUT2D eigenvalue weighted by Crippen LogP contribution is -2.52. The summed E-state index contributed by atoms with van der Waals surface area (Å²) in [6.07, 6.45) is -3.35. The van der Waals surface area contributed by atoms with E-state index in [1.165, 1.54) is 7.11 Å². The Morgan fingerprint density at radius 2 is 2.08 bits per heavy atom. The molecule has 1 atom stereocenters. The van der Waals surface area contributed by atoms with Gasteiger partial charge < -0.3 is 10.1 Å². The number of sulfonamides is 1. The number of methoxy groups -OCH3 is 1. The monoisotopic (exact) mass is 370 g/mol. The van der Waals surface area contributed by atoms with Crippen LogP contribution in [-0.4, -0.2) is 40.8 Å². The highest BCUT2D eigenvalue weighted by atomic mass is 32.2. The highest BCUT2D eigenvalue weighted by molar-refractivity contribution is 7.89. The fraction of sp³-hybridized carbons (Fsp3) is 0.571. The first-order valence-electron chi connectivity index (χ1n) is 7.20. The molecule has 1 fully saturated rings. The number of nitrogens with one attached hydrogen (secondary N) is 2. The summed E-state index contributed by atoms with van der Waals surface area (Å²) in [5.41, 5.74) is -2.08. The van der Waals surface area contributed by atoms with Gasteiger partial charge in [-0.15, -0.1) is 0 Å². The van der Waals surface area contributed by atoms with Crippen molar-refractivity contribution in [1.82, 2.24) is 10.0 Å². The number of hydrogen-bond donors (Lipinski definition) is 2. The fourth-order valence-corrected chi connectivity index (χ4v) is 3.82. The van der Waals surface area contributed by atoms with Gasteiger partial charge in [-0.3, -0.25) is 0 Å². The van der Waals surface area contributed by atoms with E-state index in [0.29, 0.717) is 25.1 Å². The van der Waals surface area contributed by atoms with E-state index in [1.54, 1.807) is 0 Å². The summed E-state index contributed by atoms with van der Waals surface area (Å²) in [4.78, 5) is -0.557. The van der Waals surface area contributed by atoms with Gasteiger partial charge in [0.2, 0.25) is 10.0 Å². The van der Waals surface area contributed by atoms with E-state index in [9.17, 15) is 26.0 Å². The first-order valence-corrected chi connectivity index (χ1v) is 8.68. The van der Waals surface area contributed by atoms with Crippen molar-refractivity contribution in [2.45, 2.75) is 29.5 Å². The van der Waals surface area contributed by atoms with Crippen molar-refractivity contribution in [2.75, 3.05) is 26.8 Å². The summed E-state index contributed by atoms with van der Waals surface area (Å²) < 4.78 is 83.0. The zero-order chi connectivity index (χ0) is 18.0. The van der Waals surface area contributed by atoms with Crippen LogP contribution in [0.1, 0.15) is 18.4 Å². The quantitative estimate of drug-likeness (QED) is 0.751. The van der Waals surface area contributed by atoms with Gasteiger partial charge in [-0.2, -0.15) is 13.2 Å². The third-order valence-electron chi connectivity index (χ3n) is 3.91. The second kappa shape index (κ2) is 6.95. The van der Waals surface area contributed by atoms with Crippen LogP contribution >= 0.6 is 0 Å². The van der Waals surface area contributed by atoms with Crippen LogP contribution in [0.4, 0.5) is 17.6 Å². The Kier molecular flexibility index (Phi) is 5.53. The normalized spacial score (nSPS) is 22.0. The van der Waals surface area contributed by atoms with E-state index in [1.807, 2.05) is 0 Å². The molecular formula is C14H18F4N2O3S. The summed E-state index contributed by atoms with van der Waals surface area (Å²) in [6, 6.07) is 1.53. The molecule has 1 aliphatic heterocycles. The first-order chi connectivity index (χ1) is 11.1. The van der Waals surface area contributed by atoms with Crippen molar-refractivity contribution in [3.8, 4) is 0 Å². The lowest BCUT2D eigenvalue weighted by molar-refractivity contribution is -0.140. The van der Waals surface area contributed by atoms with E-state index in [-0.39, 0.29) is 13.2 Å². The molecule has 136 valence electrons. The minimum absolute atomic E-state index is 0.00812. The van der Waals surface area contributed by atoms with Gasteiger partial charge in [0.25, 0.3) is 0 Å². The zero-order valence-corrected chi connectivity index (χ0v) is 13.7. The van der Waals surface area contributed by atoms with E-state index < -0.39 is 38.0 Å². The molecule has 5 nitrogen and oxygen atoms in total. The minimum Gasteiger partial charge on any atom is -0.383 e. The van der Waals surface area contributed by atoms with Gasteiger partial charge in [-0.1, -0.05) is 0 Å². The summed E-state index contributed by atoms with van der Waals surface area (Å²) in [6.45, 7) is 0.975. The highest BCUT2D eigenvalue weighted by Crippen LogP contribution is 2.32. The number of hydrogen-bond acceptors (Lipinski definition) is 4. The Balaban J connectivity index is 2.17. The molecule has 0 aromatic heterocycles. The maximum atomic E-state index is 13.6. The van der Waals surface area contributed by atoms with E-state index in [4.69, 9.17) is 4.74 Å². The van der Waals surface area contributed by atoms with Crippen LogP contribution in [0.25, 0.3) is 0 Å². The van der Waals surface area contributed by atoms with Crippen LogP contribution in [0.15, 0.2) is 23.1 Å². The predicted octanol–water partition coefficient (Wildman–Crippen LogP) is 1.89. The van der Waals surface area contributed by atoms with Gasteiger partial charge in [-0.25, -0.2) is 17.5 Å². The molecule has 0 radical (unpaired) electrons.